The normalized spacial score (nSPS) is 14.6. The van der Waals surface area contributed by atoms with Gasteiger partial charge in [-0.1, -0.05) is 18.0 Å². The molecule has 0 rings (SSSR count). The summed E-state index contributed by atoms with van der Waals surface area (Å²) in [5.41, 5.74) is 7.66. The lowest BCUT2D eigenvalue weighted by Crippen LogP contribution is -2.44. The highest BCUT2D eigenvalue weighted by molar-refractivity contribution is 5.81. The van der Waals surface area contributed by atoms with E-state index in [1.165, 1.54) is 7.11 Å². The fourth-order valence-corrected chi connectivity index (χ4v) is 2.04. The Labute approximate surface area is 147 Å². The van der Waals surface area contributed by atoms with Crippen LogP contribution in [0.5, 0.6) is 0 Å². The van der Waals surface area contributed by atoms with Gasteiger partial charge in [0.15, 0.2) is 0 Å². The second-order valence-electron chi connectivity index (χ2n) is 6.53. The van der Waals surface area contributed by atoms with E-state index in [4.69, 9.17) is 15.4 Å². The second kappa shape index (κ2) is 11.5. The topological polar surface area (TPSA) is 154 Å². The van der Waals surface area contributed by atoms with Gasteiger partial charge in [0, 0.05) is 4.91 Å². The first-order valence-corrected chi connectivity index (χ1v) is 8.05. The molecule has 0 radical (unpaired) electrons. The van der Waals surface area contributed by atoms with Crippen LogP contribution < -0.4 is 5.32 Å². The van der Waals surface area contributed by atoms with E-state index in [0.29, 0.717) is 19.3 Å². The minimum Gasteiger partial charge on any atom is -0.467 e. The molecule has 10 heteroatoms. The predicted octanol–water partition coefficient (Wildman–Crippen LogP) is 1.65. The lowest BCUT2D eigenvalue weighted by Gasteiger charge is -2.22. The number of aliphatic hydroxyl groups excluding tert-OH is 2. The van der Waals surface area contributed by atoms with Crippen LogP contribution in [0.15, 0.2) is 5.11 Å². The van der Waals surface area contributed by atoms with Gasteiger partial charge in [0.1, 0.15) is 11.6 Å². The van der Waals surface area contributed by atoms with Gasteiger partial charge in [-0.15, -0.1) is 0 Å². The number of methoxy groups -OCH3 is 1. The molecule has 0 heterocycles. The average Bonchev–Trinajstić information content (AvgIpc) is 2.52. The second-order valence-corrected chi connectivity index (χ2v) is 6.53. The fraction of sp³-hybridized carbons (Fsp3) is 0.867. The lowest BCUT2D eigenvalue weighted by atomic mass is 10.0. The molecule has 0 bridgehead atoms. The molecule has 0 aliphatic carbocycles. The summed E-state index contributed by atoms with van der Waals surface area (Å²) in [6, 6.07) is -1.76. The van der Waals surface area contributed by atoms with Crippen LogP contribution in [0, 0.1) is 0 Å². The highest BCUT2D eigenvalue weighted by atomic mass is 16.6. The van der Waals surface area contributed by atoms with Crippen molar-refractivity contribution >= 4 is 12.1 Å². The van der Waals surface area contributed by atoms with Crippen molar-refractivity contribution in [1.29, 1.82) is 0 Å². The van der Waals surface area contributed by atoms with E-state index in [1.54, 1.807) is 20.8 Å². The van der Waals surface area contributed by atoms with Crippen molar-refractivity contribution in [1.82, 2.24) is 5.32 Å². The Hall–Kier alpha value is -2.03. The molecule has 0 unspecified atom stereocenters. The summed E-state index contributed by atoms with van der Waals surface area (Å²) in [4.78, 5) is 26.1. The van der Waals surface area contributed by atoms with Crippen LogP contribution in [0.2, 0.25) is 0 Å². The first kappa shape index (κ1) is 23.0. The molecule has 0 aromatic heterocycles. The van der Waals surface area contributed by atoms with Gasteiger partial charge in [-0.05, 0) is 39.1 Å². The van der Waals surface area contributed by atoms with E-state index < -0.39 is 42.5 Å². The number of nitrogens with one attached hydrogen (secondary N) is 1. The Morgan fingerprint density at radius 3 is 2.36 bits per heavy atom. The fourth-order valence-electron chi connectivity index (χ4n) is 2.04. The van der Waals surface area contributed by atoms with Crippen LogP contribution in [0.3, 0.4) is 0 Å². The summed E-state index contributed by atoms with van der Waals surface area (Å²) in [7, 11) is 1.22. The van der Waals surface area contributed by atoms with Crippen LogP contribution >= 0.6 is 0 Å². The number of esters is 1. The third-order valence-corrected chi connectivity index (χ3v) is 3.25. The van der Waals surface area contributed by atoms with E-state index in [2.05, 4.69) is 20.1 Å². The minimum atomic E-state index is -0.976. The Morgan fingerprint density at radius 1 is 1.28 bits per heavy atom. The standard InChI is InChI=1S/C15H28N4O6/c1-15(2,3)25-14(23)17-10(13(22)24-4)7-5-6-8-12(21)11(9-20)18-19-16/h10-12,20-21H,5-9H2,1-4H3,(H,17,23)/t10-,11+,12+/m0/s1. The highest BCUT2D eigenvalue weighted by Crippen LogP contribution is 2.12. The number of azide groups is 1. The largest absolute Gasteiger partial charge is 0.467 e. The zero-order valence-corrected chi connectivity index (χ0v) is 15.1. The molecule has 3 atom stereocenters. The van der Waals surface area contributed by atoms with E-state index in [0.717, 1.165) is 0 Å². The Bertz CT molecular complexity index is 473. The van der Waals surface area contributed by atoms with Crippen molar-refractivity contribution in [2.24, 2.45) is 5.11 Å². The zero-order chi connectivity index (χ0) is 19.5. The smallest absolute Gasteiger partial charge is 0.408 e. The van der Waals surface area contributed by atoms with Gasteiger partial charge >= 0.3 is 12.1 Å². The number of ether oxygens (including phenoxy) is 2. The molecular formula is C15H28N4O6. The molecule has 0 saturated carbocycles. The van der Waals surface area contributed by atoms with Gasteiger partial charge in [-0.3, -0.25) is 0 Å². The number of alkyl carbamates (subject to hydrolysis) is 1. The molecule has 0 fully saturated rings. The van der Waals surface area contributed by atoms with Crippen molar-refractivity contribution in [2.45, 2.75) is 70.2 Å². The molecule has 0 saturated heterocycles. The maximum atomic E-state index is 11.8. The molecule has 144 valence electrons. The summed E-state index contributed by atoms with van der Waals surface area (Å²) in [5.74, 6) is -0.589. The summed E-state index contributed by atoms with van der Waals surface area (Å²) in [6.07, 6.45) is -0.111. The molecule has 3 N–H and O–H groups in total. The Morgan fingerprint density at radius 2 is 1.88 bits per heavy atom. The minimum absolute atomic E-state index is 0.282. The average molecular weight is 360 g/mol. The van der Waals surface area contributed by atoms with E-state index in [1.807, 2.05) is 0 Å². The molecule has 0 aromatic carbocycles. The van der Waals surface area contributed by atoms with Gasteiger partial charge in [-0.2, -0.15) is 0 Å². The summed E-state index contributed by atoms with van der Waals surface area (Å²) in [6.45, 7) is 4.68. The van der Waals surface area contributed by atoms with Crippen LogP contribution in [-0.4, -0.2) is 59.8 Å². The summed E-state index contributed by atoms with van der Waals surface area (Å²) in [5, 5.41) is 24.6. The first-order valence-electron chi connectivity index (χ1n) is 8.05. The quantitative estimate of drug-likeness (QED) is 0.177. The van der Waals surface area contributed by atoms with Crippen molar-refractivity contribution < 1.29 is 29.3 Å². The van der Waals surface area contributed by atoms with Crippen molar-refractivity contribution in [3.63, 3.8) is 0 Å². The number of amides is 1. The SMILES string of the molecule is COC(=O)[C@H](CCCC[C@@H](O)[C@@H](CO)N=[N+]=[N-])NC(=O)OC(C)(C)C. The van der Waals surface area contributed by atoms with Crippen LogP contribution in [0.25, 0.3) is 10.4 Å². The number of hydrogen-bond donors (Lipinski definition) is 3. The molecule has 25 heavy (non-hydrogen) atoms. The monoisotopic (exact) mass is 360 g/mol. The molecule has 0 aliphatic heterocycles. The molecule has 0 spiro atoms. The van der Waals surface area contributed by atoms with Gasteiger partial charge < -0.3 is 25.0 Å². The lowest BCUT2D eigenvalue weighted by molar-refractivity contribution is -0.143. The number of carbonyl (C=O) groups is 2. The number of unbranched alkanes of at least 4 members (excludes halogenated alkanes) is 1. The number of hydrogen-bond acceptors (Lipinski definition) is 7. The van der Waals surface area contributed by atoms with Gasteiger partial charge in [0.2, 0.25) is 0 Å². The van der Waals surface area contributed by atoms with E-state index in [-0.39, 0.29) is 6.42 Å². The first-order chi connectivity index (χ1) is 11.6. The number of aliphatic hydroxyl groups is 2. The molecule has 0 aromatic rings. The molecule has 10 nitrogen and oxygen atoms in total. The Balaban J connectivity index is 4.44. The summed E-state index contributed by atoms with van der Waals surface area (Å²) >= 11 is 0. The van der Waals surface area contributed by atoms with Gasteiger partial charge in [0.05, 0.1) is 25.9 Å². The molecular weight excluding hydrogens is 332 g/mol. The maximum absolute atomic E-state index is 11.8. The summed E-state index contributed by atoms with van der Waals surface area (Å²) < 4.78 is 9.77. The third-order valence-electron chi connectivity index (χ3n) is 3.25. The van der Waals surface area contributed by atoms with Crippen molar-refractivity contribution in [3.05, 3.63) is 10.4 Å². The predicted molar refractivity (Wildman–Crippen MR) is 89.7 cm³/mol. The number of carbonyl (C=O) groups excluding carboxylic acids is 2. The third kappa shape index (κ3) is 10.4. The van der Waals surface area contributed by atoms with Crippen LogP contribution in [0.4, 0.5) is 4.79 Å². The zero-order valence-electron chi connectivity index (χ0n) is 15.1. The maximum Gasteiger partial charge on any atom is 0.408 e. The Kier molecular flexibility index (Phi) is 10.6. The van der Waals surface area contributed by atoms with Crippen LogP contribution in [0.1, 0.15) is 46.5 Å². The molecule has 1 amide bonds. The highest BCUT2D eigenvalue weighted by Gasteiger charge is 2.25. The number of rotatable bonds is 10. The molecule has 0 aliphatic rings. The van der Waals surface area contributed by atoms with Crippen molar-refractivity contribution in [2.75, 3.05) is 13.7 Å². The van der Waals surface area contributed by atoms with Crippen molar-refractivity contribution in [3.8, 4) is 0 Å². The van der Waals surface area contributed by atoms with Gasteiger partial charge in [-0.25, -0.2) is 9.59 Å². The van der Waals surface area contributed by atoms with E-state index >= 15 is 0 Å². The van der Waals surface area contributed by atoms with Crippen LogP contribution in [-0.2, 0) is 14.3 Å². The van der Waals surface area contributed by atoms with E-state index in [9.17, 15) is 14.7 Å². The number of nitrogens with zero attached hydrogens (tertiary/aromatic N) is 3. The van der Waals surface area contributed by atoms with Gasteiger partial charge in [0.25, 0.3) is 0 Å².